The second kappa shape index (κ2) is 6.37. The van der Waals surface area contributed by atoms with Crippen molar-refractivity contribution in [2.45, 2.75) is 56.2 Å². The van der Waals surface area contributed by atoms with Crippen molar-refractivity contribution in [2.24, 2.45) is 0 Å². The Kier molecular flexibility index (Phi) is 4.22. The largest absolute Gasteiger partial charge is 0.508 e. The second-order valence-corrected chi connectivity index (χ2v) is 7.56. The van der Waals surface area contributed by atoms with Crippen molar-refractivity contribution in [3.05, 3.63) is 29.8 Å². The van der Waals surface area contributed by atoms with Crippen LogP contribution in [0.25, 0.3) is 0 Å². The predicted octanol–water partition coefficient (Wildman–Crippen LogP) is 1.84. The van der Waals surface area contributed by atoms with Crippen LogP contribution in [-0.4, -0.2) is 53.3 Å². The second-order valence-electron chi connectivity index (χ2n) is 7.56. The molecule has 24 heavy (non-hydrogen) atoms. The third kappa shape index (κ3) is 3.28. The number of aryl methyl sites for hydroxylation is 1. The van der Waals surface area contributed by atoms with Crippen LogP contribution in [0.15, 0.2) is 24.3 Å². The monoisotopic (exact) mass is 330 g/mol. The van der Waals surface area contributed by atoms with E-state index < -0.39 is 0 Å². The van der Waals surface area contributed by atoms with Crippen LogP contribution >= 0.6 is 0 Å². The van der Waals surface area contributed by atoms with Gasteiger partial charge in [0.2, 0.25) is 5.91 Å². The molecule has 3 aliphatic rings. The van der Waals surface area contributed by atoms with Crippen molar-refractivity contribution < 1.29 is 14.6 Å². The van der Waals surface area contributed by atoms with Gasteiger partial charge in [0.25, 0.3) is 0 Å². The Morgan fingerprint density at radius 3 is 2.67 bits per heavy atom. The summed E-state index contributed by atoms with van der Waals surface area (Å²) in [5.41, 5.74) is 0.966. The molecule has 1 spiro atoms. The summed E-state index contributed by atoms with van der Waals surface area (Å²) in [5.74, 6) is 0.484. The van der Waals surface area contributed by atoms with Gasteiger partial charge in [-0.15, -0.1) is 0 Å². The van der Waals surface area contributed by atoms with Gasteiger partial charge in [0.05, 0.1) is 12.2 Å². The highest BCUT2D eigenvalue weighted by Crippen LogP contribution is 2.38. The number of fused-ring (bicyclic) bond motifs is 2. The van der Waals surface area contributed by atoms with Gasteiger partial charge in [0.1, 0.15) is 5.75 Å². The molecule has 2 N–H and O–H groups in total. The molecule has 3 aliphatic heterocycles. The van der Waals surface area contributed by atoms with Crippen LogP contribution in [0.4, 0.5) is 0 Å². The van der Waals surface area contributed by atoms with Crippen molar-refractivity contribution in [2.75, 3.05) is 19.7 Å². The summed E-state index contributed by atoms with van der Waals surface area (Å²) in [7, 11) is 0. The summed E-state index contributed by atoms with van der Waals surface area (Å²) in [6.45, 7) is 2.11. The summed E-state index contributed by atoms with van der Waals surface area (Å²) < 4.78 is 6.18. The van der Waals surface area contributed by atoms with Gasteiger partial charge in [-0.1, -0.05) is 12.1 Å². The van der Waals surface area contributed by atoms with Gasteiger partial charge in [-0.25, -0.2) is 0 Å². The molecule has 3 saturated heterocycles. The number of piperidine rings is 1. The maximum Gasteiger partial charge on any atom is 0.223 e. The molecule has 4 rings (SSSR count). The van der Waals surface area contributed by atoms with E-state index in [-0.39, 0.29) is 17.3 Å². The summed E-state index contributed by atoms with van der Waals surface area (Å²) in [4.78, 5) is 14.7. The van der Waals surface area contributed by atoms with Crippen LogP contribution in [0.1, 0.15) is 37.7 Å². The Morgan fingerprint density at radius 1 is 1.25 bits per heavy atom. The van der Waals surface area contributed by atoms with Crippen molar-refractivity contribution in [1.29, 1.82) is 0 Å². The fraction of sp³-hybridized carbons (Fsp3) is 0.632. The normalized spacial score (nSPS) is 32.2. The molecule has 3 atom stereocenters. The van der Waals surface area contributed by atoms with Crippen molar-refractivity contribution in [3.8, 4) is 5.75 Å². The molecule has 1 aromatic rings. The lowest BCUT2D eigenvalue weighted by molar-refractivity contribution is -0.158. The Morgan fingerprint density at radius 2 is 1.96 bits per heavy atom. The van der Waals surface area contributed by atoms with E-state index >= 15 is 0 Å². The molecule has 1 amide bonds. The van der Waals surface area contributed by atoms with Gasteiger partial charge >= 0.3 is 0 Å². The first-order valence-electron chi connectivity index (χ1n) is 9.08. The molecule has 5 nitrogen and oxygen atoms in total. The lowest BCUT2D eigenvalue weighted by atomic mass is 9.85. The van der Waals surface area contributed by atoms with E-state index in [1.807, 2.05) is 17.0 Å². The van der Waals surface area contributed by atoms with Gasteiger partial charge < -0.3 is 20.1 Å². The fourth-order valence-electron chi connectivity index (χ4n) is 4.58. The Hall–Kier alpha value is -1.59. The van der Waals surface area contributed by atoms with Crippen LogP contribution in [-0.2, 0) is 16.0 Å². The van der Waals surface area contributed by atoms with E-state index in [9.17, 15) is 9.90 Å². The molecule has 1 aromatic carbocycles. The average Bonchev–Trinajstić information content (AvgIpc) is 2.93. The smallest absolute Gasteiger partial charge is 0.223 e. The molecular weight excluding hydrogens is 304 g/mol. The summed E-state index contributed by atoms with van der Waals surface area (Å²) in [6, 6.07) is 8.25. The third-order valence-corrected chi connectivity index (χ3v) is 5.74. The maximum absolute atomic E-state index is 12.6. The Balaban J connectivity index is 1.35. The number of rotatable bonds is 3. The molecule has 0 radical (unpaired) electrons. The third-order valence-electron chi connectivity index (χ3n) is 5.74. The van der Waals surface area contributed by atoms with Crippen LogP contribution in [0.3, 0.4) is 0 Å². The van der Waals surface area contributed by atoms with Crippen LogP contribution < -0.4 is 5.32 Å². The number of phenolic OH excluding ortho intramolecular Hbond substituents is 1. The van der Waals surface area contributed by atoms with Crippen molar-refractivity contribution >= 4 is 5.91 Å². The average molecular weight is 330 g/mol. The van der Waals surface area contributed by atoms with Gasteiger partial charge in [0.15, 0.2) is 0 Å². The number of benzene rings is 1. The maximum atomic E-state index is 12.6. The first kappa shape index (κ1) is 15.9. The topological polar surface area (TPSA) is 61.8 Å². The summed E-state index contributed by atoms with van der Waals surface area (Å²) in [5, 5.41) is 13.0. The number of nitrogens with one attached hydrogen (secondary N) is 1. The molecule has 3 fully saturated rings. The first-order chi connectivity index (χ1) is 11.6. The van der Waals surface area contributed by atoms with E-state index in [1.165, 1.54) is 12.8 Å². The SMILES string of the molecule is O=C(CCc1ccc(O)cc1)N1CCOC2(C[C@H]3CC[C@@H](C2)N3)C1. The van der Waals surface area contributed by atoms with Crippen LogP contribution in [0.5, 0.6) is 5.75 Å². The number of aromatic hydroxyl groups is 1. The fourth-order valence-corrected chi connectivity index (χ4v) is 4.58. The Bertz CT molecular complexity index is 589. The number of ether oxygens (including phenoxy) is 1. The highest BCUT2D eigenvalue weighted by Gasteiger charge is 2.47. The van der Waals surface area contributed by atoms with E-state index in [0.29, 0.717) is 31.7 Å². The molecule has 3 heterocycles. The van der Waals surface area contributed by atoms with Crippen molar-refractivity contribution in [1.82, 2.24) is 10.2 Å². The van der Waals surface area contributed by atoms with E-state index in [0.717, 1.165) is 31.4 Å². The minimum absolute atomic E-state index is 0.121. The predicted molar refractivity (Wildman–Crippen MR) is 90.9 cm³/mol. The molecule has 0 aliphatic carbocycles. The van der Waals surface area contributed by atoms with Gasteiger partial charge in [-0.3, -0.25) is 4.79 Å². The number of hydrogen-bond donors (Lipinski definition) is 2. The van der Waals surface area contributed by atoms with Gasteiger partial charge in [-0.2, -0.15) is 0 Å². The Labute approximate surface area is 143 Å². The van der Waals surface area contributed by atoms with Crippen LogP contribution in [0.2, 0.25) is 0 Å². The zero-order valence-electron chi connectivity index (χ0n) is 14.0. The number of carbonyl (C=O) groups is 1. The molecular formula is C19H26N2O3. The van der Waals surface area contributed by atoms with E-state index in [1.54, 1.807) is 12.1 Å². The zero-order valence-corrected chi connectivity index (χ0v) is 14.0. The molecule has 5 heteroatoms. The number of morpholine rings is 1. The van der Waals surface area contributed by atoms with Crippen LogP contribution in [0, 0.1) is 0 Å². The standard InChI is InChI=1S/C19H26N2O3/c22-17-6-1-14(2-7-17)3-8-18(23)21-9-10-24-19(13-21)11-15-4-5-16(12-19)20-15/h1-2,6-7,15-16,20,22H,3-5,8-13H2/t15-,16+,19?. The first-order valence-corrected chi connectivity index (χ1v) is 9.08. The van der Waals surface area contributed by atoms with Gasteiger partial charge in [0, 0.05) is 31.6 Å². The highest BCUT2D eigenvalue weighted by atomic mass is 16.5. The van der Waals surface area contributed by atoms with E-state index in [2.05, 4.69) is 5.32 Å². The molecule has 2 bridgehead atoms. The number of nitrogens with zero attached hydrogens (tertiary/aromatic N) is 1. The molecule has 1 unspecified atom stereocenters. The number of carbonyl (C=O) groups excluding carboxylic acids is 1. The highest BCUT2D eigenvalue weighted by molar-refractivity contribution is 5.76. The zero-order chi connectivity index (χ0) is 16.6. The number of hydrogen-bond acceptors (Lipinski definition) is 4. The molecule has 0 saturated carbocycles. The molecule has 0 aromatic heterocycles. The van der Waals surface area contributed by atoms with Crippen molar-refractivity contribution in [3.63, 3.8) is 0 Å². The lowest BCUT2D eigenvalue weighted by Crippen LogP contribution is -2.60. The number of amides is 1. The summed E-state index contributed by atoms with van der Waals surface area (Å²) >= 11 is 0. The van der Waals surface area contributed by atoms with E-state index in [4.69, 9.17) is 4.74 Å². The lowest BCUT2D eigenvalue weighted by Gasteiger charge is -2.47. The summed E-state index contributed by atoms with van der Waals surface area (Å²) in [6.07, 6.45) is 5.79. The van der Waals surface area contributed by atoms with Gasteiger partial charge in [-0.05, 0) is 49.8 Å². The minimum Gasteiger partial charge on any atom is -0.508 e. The minimum atomic E-state index is -0.121. The molecule has 130 valence electrons. The number of phenols is 1. The quantitative estimate of drug-likeness (QED) is 0.888.